The second kappa shape index (κ2) is 16.5. The first-order valence-corrected chi connectivity index (χ1v) is 19.8. The number of rotatable bonds is 12. The van der Waals surface area contributed by atoms with Crippen molar-refractivity contribution in [1.82, 2.24) is 0 Å². The predicted octanol–water partition coefficient (Wildman–Crippen LogP) is 5.67. The molecule has 51 heavy (non-hydrogen) atoms. The van der Waals surface area contributed by atoms with Gasteiger partial charge in [0.2, 0.25) is 5.79 Å². The maximum absolute atomic E-state index is 14.4. The van der Waals surface area contributed by atoms with E-state index < -0.39 is 65.8 Å². The van der Waals surface area contributed by atoms with E-state index in [0.29, 0.717) is 44.9 Å². The van der Waals surface area contributed by atoms with Gasteiger partial charge in [-0.2, -0.15) is 0 Å². The van der Waals surface area contributed by atoms with E-state index in [2.05, 4.69) is 20.8 Å². The van der Waals surface area contributed by atoms with E-state index in [1.807, 2.05) is 39.8 Å². The molecule has 0 aliphatic carbocycles. The van der Waals surface area contributed by atoms with Crippen LogP contribution in [0.4, 0.5) is 0 Å². The van der Waals surface area contributed by atoms with Crippen LogP contribution in [-0.4, -0.2) is 101 Å². The van der Waals surface area contributed by atoms with Crippen molar-refractivity contribution < 1.29 is 53.3 Å². The minimum absolute atomic E-state index is 0.0373. The monoisotopic (exact) mass is 722 g/mol. The van der Waals surface area contributed by atoms with E-state index in [1.165, 1.54) is 0 Å². The number of carboxylic acid groups (broad SMARTS) is 1. The van der Waals surface area contributed by atoms with Crippen LogP contribution >= 0.6 is 0 Å². The van der Waals surface area contributed by atoms with Crippen LogP contribution in [0.25, 0.3) is 0 Å². The molecule has 4 saturated heterocycles. The largest absolute Gasteiger partial charge is 0.481 e. The highest BCUT2D eigenvalue weighted by molar-refractivity contribution is 5.84. The van der Waals surface area contributed by atoms with E-state index in [-0.39, 0.29) is 53.9 Å². The van der Waals surface area contributed by atoms with Gasteiger partial charge in [0.25, 0.3) is 0 Å². The Hall–Kier alpha value is -1.44. The van der Waals surface area contributed by atoms with Gasteiger partial charge < -0.3 is 43.7 Å². The van der Waals surface area contributed by atoms with Crippen molar-refractivity contribution in [2.45, 2.75) is 180 Å². The third-order valence-electron chi connectivity index (χ3n) is 13.3. The summed E-state index contributed by atoms with van der Waals surface area (Å²) >= 11 is 0. The summed E-state index contributed by atoms with van der Waals surface area (Å²) in [5, 5.41) is 31.7. The van der Waals surface area contributed by atoms with Gasteiger partial charge in [0, 0.05) is 37.2 Å². The van der Waals surface area contributed by atoms with Gasteiger partial charge in [-0.1, -0.05) is 48.5 Å². The fourth-order valence-electron chi connectivity index (χ4n) is 9.92. The maximum Gasteiger partial charge on any atom is 0.309 e. The van der Waals surface area contributed by atoms with Crippen molar-refractivity contribution in [1.29, 1.82) is 0 Å². The summed E-state index contributed by atoms with van der Waals surface area (Å²) in [7, 11) is 1.65. The molecule has 0 aromatic rings. The van der Waals surface area contributed by atoms with E-state index in [0.717, 1.165) is 12.8 Å². The molecule has 0 saturated carbocycles. The van der Waals surface area contributed by atoms with Crippen LogP contribution in [0.2, 0.25) is 0 Å². The average Bonchev–Trinajstić information content (AvgIpc) is 3.52. The zero-order valence-corrected chi connectivity index (χ0v) is 32.4. The molecule has 5 heterocycles. The summed E-state index contributed by atoms with van der Waals surface area (Å²) < 4.78 is 39.3. The Morgan fingerprint density at radius 3 is 2.24 bits per heavy atom. The van der Waals surface area contributed by atoms with Crippen LogP contribution in [0.15, 0.2) is 12.2 Å². The first-order valence-electron chi connectivity index (χ1n) is 19.8. The molecule has 11 nitrogen and oxygen atoms in total. The maximum atomic E-state index is 14.4. The number of ether oxygens (including phenoxy) is 6. The number of methoxy groups -OCH3 is 1. The smallest absolute Gasteiger partial charge is 0.309 e. The molecule has 292 valence electrons. The van der Waals surface area contributed by atoms with Crippen LogP contribution in [-0.2, 0) is 38.0 Å². The number of Topliss-reactive ketones (excluding diaryl/α,β-unsaturated/α-hetero) is 1. The molecule has 0 aromatic heterocycles. The number of carbonyl (C=O) groups excluding carboxylic acids is 1. The number of aliphatic carboxylic acids is 1. The summed E-state index contributed by atoms with van der Waals surface area (Å²) in [5.41, 5.74) is 0. The molecule has 2 spiro atoms. The Morgan fingerprint density at radius 1 is 0.902 bits per heavy atom. The number of aliphatic hydroxyl groups excluding tert-OH is 2. The van der Waals surface area contributed by atoms with Gasteiger partial charge in [-0.15, -0.1) is 0 Å². The number of aliphatic hydroxyl groups is 2. The Labute approximate surface area is 305 Å². The fourth-order valence-corrected chi connectivity index (χ4v) is 9.92. The molecule has 0 aromatic carbocycles. The highest BCUT2D eigenvalue weighted by Gasteiger charge is 2.60. The third kappa shape index (κ3) is 8.02. The predicted molar refractivity (Wildman–Crippen MR) is 190 cm³/mol. The lowest BCUT2D eigenvalue weighted by Crippen LogP contribution is -2.62. The van der Waals surface area contributed by atoms with Gasteiger partial charge in [0.05, 0.1) is 54.7 Å². The molecule has 0 bridgehead atoms. The van der Waals surface area contributed by atoms with Crippen LogP contribution in [0.5, 0.6) is 0 Å². The van der Waals surface area contributed by atoms with E-state index in [1.54, 1.807) is 14.0 Å². The Kier molecular flexibility index (Phi) is 13.2. The standard InChI is InChI=1S/C40H66O11/c1-10-27(38(44)45)30-14-12-21(3)36(48-30)25(7)34(42)24(6)35(43)28(11-2)37-22(4)20-23(5)39(50-37)19-17-33(46-9)40(51-39)18-16-32(49-40)31-15-13-29(41)26(8)47-31/h17,19,21-34,36-37,41-42H,10-16,18,20H2,1-9H3,(H,44,45). The summed E-state index contributed by atoms with van der Waals surface area (Å²) in [6.45, 7) is 15.8. The Bertz CT molecular complexity index is 1230. The Morgan fingerprint density at radius 2 is 1.61 bits per heavy atom. The lowest BCUT2D eigenvalue weighted by atomic mass is 9.72. The van der Waals surface area contributed by atoms with E-state index in [9.17, 15) is 24.9 Å². The molecule has 0 amide bonds. The van der Waals surface area contributed by atoms with Crippen molar-refractivity contribution in [3.8, 4) is 0 Å². The second-order valence-electron chi connectivity index (χ2n) is 16.7. The first-order chi connectivity index (χ1) is 24.1. The molecule has 4 fully saturated rings. The van der Waals surface area contributed by atoms with Crippen LogP contribution < -0.4 is 0 Å². The summed E-state index contributed by atoms with van der Waals surface area (Å²) in [6, 6.07) is 0. The van der Waals surface area contributed by atoms with Gasteiger partial charge in [-0.05, 0) is 82.3 Å². The van der Waals surface area contributed by atoms with Gasteiger partial charge >= 0.3 is 5.97 Å². The molecule has 5 rings (SSSR count). The van der Waals surface area contributed by atoms with Gasteiger partial charge in [-0.3, -0.25) is 9.59 Å². The SMILES string of the molecule is CCC(C(=O)O)C1CCC(C)C(C(C)C(O)C(C)C(=O)C(CC)C2OC3(C=CC(OC)C4(CCC(C5CCC(O)C(C)O5)O4)O3)C(C)CC2C)O1. The Balaban J connectivity index is 1.31. The minimum Gasteiger partial charge on any atom is -0.481 e. The molecule has 3 N–H and O–H groups in total. The van der Waals surface area contributed by atoms with Crippen LogP contribution in [0.3, 0.4) is 0 Å². The van der Waals surface area contributed by atoms with Gasteiger partial charge in [0.15, 0.2) is 5.79 Å². The normalized spacial score (nSPS) is 44.6. The highest BCUT2D eigenvalue weighted by atomic mass is 16.8. The molecule has 5 aliphatic rings. The van der Waals surface area contributed by atoms with E-state index in [4.69, 9.17) is 28.4 Å². The van der Waals surface area contributed by atoms with Crippen LogP contribution in [0.1, 0.15) is 113 Å². The lowest BCUT2D eigenvalue weighted by molar-refractivity contribution is -0.402. The van der Waals surface area contributed by atoms with Gasteiger partial charge in [0.1, 0.15) is 11.9 Å². The van der Waals surface area contributed by atoms with Crippen molar-refractivity contribution in [3.63, 3.8) is 0 Å². The minimum atomic E-state index is -1.14. The quantitative estimate of drug-likeness (QED) is 0.214. The van der Waals surface area contributed by atoms with Crippen molar-refractivity contribution in [2.75, 3.05) is 7.11 Å². The first kappa shape index (κ1) is 40.7. The highest BCUT2D eigenvalue weighted by Crippen LogP contribution is 2.51. The van der Waals surface area contributed by atoms with Crippen LogP contribution in [0, 0.1) is 41.4 Å². The molecule has 11 heteroatoms. The number of ketones is 1. The summed E-state index contributed by atoms with van der Waals surface area (Å²) in [5.74, 6) is -5.13. The van der Waals surface area contributed by atoms with Crippen molar-refractivity contribution in [3.05, 3.63) is 12.2 Å². The number of hydrogen-bond donors (Lipinski definition) is 3. The third-order valence-corrected chi connectivity index (χ3v) is 13.3. The molecular formula is C40H66O11. The molecule has 18 atom stereocenters. The van der Waals surface area contributed by atoms with Crippen molar-refractivity contribution in [2.24, 2.45) is 41.4 Å². The lowest BCUT2D eigenvalue weighted by Gasteiger charge is -2.54. The summed E-state index contributed by atoms with van der Waals surface area (Å²) in [6.07, 6.45) is 6.07. The second-order valence-corrected chi connectivity index (χ2v) is 16.7. The molecule has 0 radical (unpaired) electrons. The van der Waals surface area contributed by atoms with Crippen molar-refractivity contribution >= 4 is 11.8 Å². The molecular weight excluding hydrogens is 656 g/mol. The topological polar surface area (TPSA) is 150 Å². The number of carbonyl (C=O) groups is 2. The number of carboxylic acids is 1. The van der Waals surface area contributed by atoms with E-state index >= 15 is 0 Å². The molecule has 5 aliphatic heterocycles. The zero-order chi connectivity index (χ0) is 37.4. The summed E-state index contributed by atoms with van der Waals surface area (Å²) in [4.78, 5) is 26.3. The fraction of sp³-hybridized carbons (Fsp3) is 0.900. The molecule has 18 unspecified atom stereocenters. The number of hydrogen-bond acceptors (Lipinski definition) is 10. The zero-order valence-electron chi connectivity index (χ0n) is 32.4. The average molecular weight is 723 g/mol. The van der Waals surface area contributed by atoms with Gasteiger partial charge in [-0.25, -0.2) is 0 Å².